The van der Waals surface area contributed by atoms with Crippen LogP contribution < -0.4 is 15.4 Å². The molecule has 1 aromatic rings. The lowest BCUT2D eigenvalue weighted by Crippen LogP contribution is -2.37. The largest absolute Gasteiger partial charge is 0.491 e. The molecule has 0 aromatic heterocycles. The molecule has 1 heterocycles. The monoisotopic (exact) mass is 298 g/mol. The van der Waals surface area contributed by atoms with E-state index in [-0.39, 0.29) is 24.2 Å². The summed E-state index contributed by atoms with van der Waals surface area (Å²) in [5.41, 5.74) is 0.770. The molecule has 2 N–H and O–H groups in total. The molecule has 0 radical (unpaired) electrons. The predicted octanol–water partition coefficient (Wildman–Crippen LogP) is 2.84. The molecule has 20 heavy (non-hydrogen) atoms. The molecule has 112 valence electrons. The summed E-state index contributed by atoms with van der Waals surface area (Å²) in [5, 5.41) is 6.24. The van der Waals surface area contributed by atoms with Crippen molar-refractivity contribution in [3.8, 4) is 5.75 Å². The molecule has 1 aliphatic rings. The van der Waals surface area contributed by atoms with Gasteiger partial charge in [-0.15, -0.1) is 12.4 Å². The Morgan fingerprint density at radius 3 is 2.95 bits per heavy atom. The van der Waals surface area contributed by atoms with Gasteiger partial charge in [0.1, 0.15) is 5.75 Å². The number of nitrogens with one attached hydrogen (secondary N) is 2. The third-order valence-electron chi connectivity index (χ3n) is 3.27. The lowest BCUT2D eigenvalue weighted by molar-refractivity contribution is -0.120. The van der Waals surface area contributed by atoms with Gasteiger partial charge in [0.25, 0.3) is 0 Å². The van der Waals surface area contributed by atoms with E-state index in [1.165, 1.54) is 0 Å². The van der Waals surface area contributed by atoms with Crippen LogP contribution in [0, 0.1) is 5.92 Å². The maximum atomic E-state index is 12.2. The molecule has 1 aromatic carbocycles. The number of anilines is 1. The first kappa shape index (κ1) is 16.8. The lowest BCUT2D eigenvalue weighted by atomic mass is 9.99. The zero-order valence-corrected chi connectivity index (χ0v) is 12.7. The van der Waals surface area contributed by atoms with Crippen LogP contribution in [0.4, 0.5) is 5.69 Å². The van der Waals surface area contributed by atoms with E-state index in [4.69, 9.17) is 4.74 Å². The molecule has 1 amide bonds. The Bertz CT molecular complexity index is 420. The summed E-state index contributed by atoms with van der Waals surface area (Å²) in [7, 11) is 0. The van der Waals surface area contributed by atoms with Gasteiger partial charge in [-0.25, -0.2) is 0 Å². The molecule has 1 aliphatic heterocycles. The van der Waals surface area contributed by atoms with E-state index in [0.29, 0.717) is 6.61 Å². The molecule has 1 saturated heterocycles. The number of benzene rings is 1. The summed E-state index contributed by atoms with van der Waals surface area (Å²) < 4.78 is 5.64. The smallest absolute Gasteiger partial charge is 0.228 e. The number of amides is 1. The summed E-state index contributed by atoms with van der Waals surface area (Å²) in [6, 6.07) is 7.61. The molecule has 1 fully saturated rings. The molecular weight excluding hydrogens is 276 g/mol. The predicted molar refractivity (Wildman–Crippen MR) is 83.7 cm³/mol. The van der Waals surface area contributed by atoms with Gasteiger partial charge in [-0.3, -0.25) is 4.79 Å². The second-order valence-electron chi connectivity index (χ2n) is 4.88. The van der Waals surface area contributed by atoms with Crippen molar-refractivity contribution in [3.05, 3.63) is 24.3 Å². The summed E-state index contributed by atoms with van der Waals surface area (Å²) in [4.78, 5) is 12.2. The normalized spacial score (nSPS) is 17.9. The van der Waals surface area contributed by atoms with Crippen LogP contribution in [0.3, 0.4) is 0 Å². The van der Waals surface area contributed by atoms with E-state index in [9.17, 15) is 4.79 Å². The second-order valence-corrected chi connectivity index (χ2v) is 4.88. The molecule has 1 atom stereocenters. The van der Waals surface area contributed by atoms with Crippen molar-refractivity contribution in [1.29, 1.82) is 0 Å². The number of carbonyl (C=O) groups excluding carboxylic acids is 1. The van der Waals surface area contributed by atoms with Gasteiger partial charge >= 0.3 is 0 Å². The number of piperidine rings is 1. The number of hydrogen-bond donors (Lipinski definition) is 2. The number of halogens is 1. The van der Waals surface area contributed by atoms with Gasteiger partial charge in [0.15, 0.2) is 0 Å². The molecule has 5 heteroatoms. The number of hydrogen-bond acceptors (Lipinski definition) is 3. The molecule has 4 nitrogen and oxygen atoms in total. The molecule has 0 bridgehead atoms. The zero-order valence-electron chi connectivity index (χ0n) is 11.9. The van der Waals surface area contributed by atoms with Crippen molar-refractivity contribution in [1.82, 2.24) is 5.32 Å². The van der Waals surface area contributed by atoms with Gasteiger partial charge in [0.2, 0.25) is 5.91 Å². The maximum absolute atomic E-state index is 12.2. The van der Waals surface area contributed by atoms with Crippen molar-refractivity contribution >= 4 is 24.0 Å². The first-order chi connectivity index (χ1) is 9.31. The third kappa shape index (κ3) is 4.69. The second kappa shape index (κ2) is 8.82. The van der Waals surface area contributed by atoms with E-state index in [0.717, 1.165) is 43.8 Å². The summed E-state index contributed by atoms with van der Waals surface area (Å²) in [6.45, 7) is 4.51. The van der Waals surface area contributed by atoms with Crippen molar-refractivity contribution < 1.29 is 9.53 Å². The highest BCUT2D eigenvalue weighted by molar-refractivity contribution is 5.94. The van der Waals surface area contributed by atoms with Crippen molar-refractivity contribution in [2.24, 2.45) is 5.92 Å². The number of ether oxygens (including phenoxy) is 1. The van der Waals surface area contributed by atoms with Crippen molar-refractivity contribution in [2.75, 3.05) is 25.0 Å². The fraction of sp³-hybridized carbons (Fsp3) is 0.533. The molecular formula is C15H23ClN2O2. The van der Waals surface area contributed by atoms with Crippen LogP contribution in [0.2, 0.25) is 0 Å². The van der Waals surface area contributed by atoms with E-state index in [1.54, 1.807) is 0 Å². The first-order valence-electron chi connectivity index (χ1n) is 7.04. The topological polar surface area (TPSA) is 50.4 Å². The Morgan fingerprint density at radius 1 is 1.45 bits per heavy atom. The number of carbonyl (C=O) groups is 1. The third-order valence-corrected chi connectivity index (χ3v) is 3.27. The number of para-hydroxylation sites is 2. The van der Waals surface area contributed by atoms with E-state index in [1.807, 2.05) is 24.3 Å². The summed E-state index contributed by atoms with van der Waals surface area (Å²) >= 11 is 0. The lowest BCUT2D eigenvalue weighted by Gasteiger charge is -2.22. The van der Waals surface area contributed by atoms with Crippen molar-refractivity contribution in [3.63, 3.8) is 0 Å². The van der Waals surface area contributed by atoms with Crippen LogP contribution in [0.25, 0.3) is 0 Å². The standard InChI is InChI=1S/C15H22N2O2.ClH/c1-2-10-19-14-8-4-3-7-13(14)17-15(18)12-6-5-9-16-11-12;/h3-4,7-8,12,16H,2,5-6,9-11H2,1H3,(H,17,18);1H/t12-;/m1./s1. The SMILES string of the molecule is CCCOc1ccccc1NC(=O)[C@@H]1CCCNC1.Cl. The minimum absolute atomic E-state index is 0. The first-order valence-corrected chi connectivity index (χ1v) is 7.04. The Morgan fingerprint density at radius 2 is 2.25 bits per heavy atom. The minimum Gasteiger partial charge on any atom is -0.491 e. The quantitative estimate of drug-likeness (QED) is 0.879. The fourth-order valence-electron chi connectivity index (χ4n) is 2.22. The van der Waals surface area contributed by atoms with Crippen LogP contribution in [-0.2, 0) is 4.79 Å². The van der Waals surface area contributed by atoms with Gasteiger partial charge < -0.3 is 15.4 Å². The van der Waals surface area contributed by atoms with Crippen LogP contribution in [0.15, 0.2) is 24.3 Å². The Hall–Kier alpha value is -1.26. The number of rotatable bonds is 5. The molecule has 0 unspecified atom stereocenters. The molecule has 2 rings (SSSR count). The summed E-state index contributed by atoms with van der Waals surface area (Å²) in [5.74, 6) is 0.897. The van der Waals surface area contributed by atoms with Gasteiger partial charge in [-0.1, -0.05) is 19.1 Å². The Labute approximate surface area is 126 Å². The van der Waals surface area contributed by atoms with Gasteiger partial charge in [0, 0.05) is 6.54 Å². The van der Waals surface area contributed by atoms with E-state index in [2.05, 4.69) is 17.6 Å². The molecule has 0 spiro atoms. The van der Waals surface area contributed by atoms with Gasteiger partial charge in [0.05, 0.1) is 18.2 Å². The highest BCUT2D eigenvalue weighted by atomic mass is 35.5. The summed E-state index contributed by atoms with van der Waals surface area (Å²) in [6.07, 6.45) is 2.97. The highest BCUT2D eigenvalue weighted by Gasteiger charge is 2.21. The minimum atomic E-state index is 0. The van der Waals surface area contributed by atoms with E-state index < -0.39 is 0 Å². The fourth-order valence-corrected chi connectivity index (χ4v) is 2.22. The van der Waals surface area contributed by atoms with Crippen LogP contribution in [0.1, 0.15) is 26.2 Å². The highest BCUT2D eigenvalue weighted by Crippen LogP contribution is 2.25. The molecule has 0 saturated carbocycles. The average Bonchev–Trinajstić information content (AvgIpc) is 2.47. The van der Waals surface area contributed by atoms with E-state index >= 15 is 0 Å². The zero-order chi connectivity index (χ0) is 13.5. The van der Waals surface area contributed by atoms with Crippen LogP contribution in [0.5, 0.6) is 5.75 Å². The van der Waals surface area contributed by atoms with Gasteiger partial charge in [-0.05, 0) is 37.9 Å². The molecule has 0 aliphatic carbocycles. The maximum Gasteiger partial charge on any atom is 0.228 e. The Kier molecular flexibility index (Phi) is 7.41. The van der Waals surface area contributed by atoms with Gasteiger partial charge in [-0.2, -0.15) is 0 Å². The van der Waals surface area contributed by atoms with Crippen LogP contribution in [-0.4, -0.2) is 25.6 Å². The average molecular weight is 299 g/mol. The van der Waals surface area contributed by atoms with Crippen molar-refractivity contribution in [2.45, 2.75) is 26.2 Å². The van der Waals surface area contributed by atoms with Crippen LogP contribution >= 0.6 is 12.4 Å². The Balaban J connectivity index is 0.00000200.